The minimum absolute atomic E-state index is 0.216. The summed E-state index contributed by atoms with van der Waals surface area (Å²) in [5.74, 6) is 0. The predicted octanol–water partition coefficient (Wildman–Crippen LogP) is 2.42. The van der Waals surface area contributed by atoms with Crippen LogP contribution in [0.25, 0.3) is 0 Å². The van der Waals surface area contributed by atoms with E-state index in [-0.39, 0.29) is 5.41 Å². The average molecular weight is 150 g/mol. The van der Waals surface area contributed by atoms with Crippen LogP contribution in [0.15, 0.2) is 21.8 Å². The molecule has 2 nitrogen and oxygen atoms in total. The molecule has 0 fully saturated rings. The highest BCUT2D eigenvalue weighted by molar-refractivity contribution is 5.75. The molecule has 0 saturated heterocycles. The van der Waals surface area contributed by atoms with Crippen molar-refractivity contribution in [2.75, 3.05) is 0 Å². The first-order chi connectivity index (χ1) is 5.11. The molecule has 1 rings (SSSR count). The van der Waals surface area contributed by atoms with Crippen molar-refractivity contribution in [1.29, 1.82) is 0 Å². The Morgan fingerprint density at radius 1 is 1.27 bits per heavy atom. The van der Waals surface area contributed by atoms with Gasteiger partial charge in [-0.15, -0.1) is 0 Å². The number of nitrogens with zero attached hydrogens (tertiary/aromatic N) is 2. The molecule has 0 unspecified atom stereocenters. The van der Waals surface area contributed by atoms with Gasteiger partial charge in [-0.3, -0.25) is 0 Å². The molecule has 1 aliphatic rings. The fraction of sp³-hybridized carbons (Fsp3) is 0.556. The Morgan fingerprint density at radius 3 is 2.64 bits per heavy atom. The molecule has 0 aliphatic carbocycles. The van der Waals surface area contributed by atoms with E-state index in [1.54, 1.807) is 6.34 Å². The highest BCUT2D eigenvalue weighted by Gasteiger charge is 2.15. The number of allylic oxidation sites excluding steroid dienone is 1. The van der Waals surface area contributed by atoms with E-state index in [2.05, 4.69) is 30.8 Å². The topological polar surface area (TPSA) is 24.7 Å². The molecule has 0 bridgehead atoms. The van der Waals surface area contributed by atoms with Crippen LogP contribution in [0.2, 0.25) is 0 Å². The molecule has 60 valence electrons. The zero-order valence-corrected chi connectivity index (χ0v) is 7.33. The van der Waals surface area contributed by atoms with E-state index in [9.17, 15) is 0 Å². The van der Waals surface area contributed by atoms with E-state index >= 15 is 0 Å². The molecular weight excluding hydrogens is 136 g/mol. The minimum Gasteiger partial charge on any atom is -0.249 e. The summed E-state index contributed by atoms with van der Waals surface area (Å²) in [4.78, 5) is 8.00. The molecule has 0 aromatic rings. The second kappa shape index (κ2) is 2.99. The fourth-order valence-corrected chi connectivity index (χ4v) is 0.913. The van der Waals surface area contributed by atoms with Gasteiger partial charge in [-0.2, -0.15) is 0 Å². The molecule has 11 heavy (non-hydrogen) atoms. The van der Waals surface area contributed by atoms with Crippen LogP contribution in [0.5, 0.6) is 0 Å². The maximum Gasteiger partial charge on any atom is 0.114 e. The summed E-state index contributed by atoms with van der Waals surface area (Å²) in [7, 11) is 0. The molecule has 0 aromatic carbocycles. The second-order valence-electron chi connectivity index (χ2n) is 3.70. The Kier molecular flexibility index (Phi) is 2.22. The zero-order chi connectivity index (χ0) is 8.32. The molecule has 0 N–H and O–H groups in total. The van der Waals surface area contributed by atoms with Crippen molar-refractivity contribution in [3.05, 3.63) is 11.8 Å². The number of hydrogen-bond acceptors (Lipinski definition) is 2. The maximum atomic E-state index is 4.03. The summed E-state index contributed by atoms with van der Waals surface area (Å²) in [6, 6.07) is 0. The van der Waals surface area contributed by atoms with Gasteiger partial charge in [0.2, 0.25) is 0 Å². The third-order valence-electron chi connectivity index (χ3n) is 1.74. The molecule has 1 heterocycles. The predicted molar refractivity (Wildman–Crippen MR) is 49.1 cm³/mol. The van der Waals surface area contributed by atoms with E-state index in [1.807, 2.05) is 12.4 Å². The van der Waals surface area contributed by atoms with Gasteiger partial charge in [-0.05, 0) is 11.0 Å². The van der Waals surface area contributed by atoms with Crippen LogP contribution in [-0.4, -0.2) is 12.6 Å². The summed E-state index contributed by atoms with van der Waals surface area (Å²) in [6.07, 6.45) is 6.31. The van der Waals surface area contributed by atoms with Crippen molar-refractivity contribution in [3.8, 4) is 0 Å². The van der Waals surface area contributed by atoms with Gasteiger partial charge in [0.1, 0.15) is 6.34 Å². The highest BCUT2D eigenvalue weighted by Crippen LogP contribution is 2.27. The molecule has 1 aliphatic heterocycles. The third kappa shape index (κ3) is 2.30. The van der Waals surface area contributed by atoms with Gasteiger partial charge in [0.25, 0.3) is 0 Å². The SMILES string of the molecule is CC(C)(C)C1=CN=CN=CC1. The average Bonchev–Trinajstić information content (AvgIpc) is 2.10. The van der Waals surface area contributed by atoms with E-state index < -0.39 is 0 Å². The summed E-state index contributed by atoms with van der Waals surface area (Å²) in [5.41, 5.74) is 1.54. The van der Waals surface area contributed by atoms with Gasteiger partial charge in [-0.25, -0.2) is 9.98 Å². The van der Waals surface area contributed by atoms with Crippen molar-refractivity contribution in [1.82, 2.24) is 0 Å². The molecule has 0 aromatic heterocycles. The summed E-state index contributed by atoms with van der Waals surface area (Å²) < 4.78 is 0. The van der Waals surface area contributed by atoms with Crippen LogP contribution in [-0.2, 0) is 0 Å². The van der Waals surface area contributed by atoms with E-state index in [1.165, 1.54) is 5.57 Å². The molecule has 0 atom stereocenters. The Bertz CT molecular complexity index is 216. The Labute approximate surface area is 67.8 Å². The van der Waals surface area contributed by atoms with Crippen LogP contribution in [0, 0.1) is 5.41 Å². The van der Waals surface area contributed by atoms with Crippen LogP contribution in [0.3, 0.4) is 0 Å². The Hall–Kier alpha value is -0.920. The lowest BCUT2D eigenvalue weighted by molar-refractivity contribution is 0.496. The smallest absolute Gasteiger partial charge is 0.114 e. The number of rotatable bonds is 0. The first kappa shape index (κ1) is 8.18. The minimum atomic E-state index is 0.216. The quantitative estimate of drug-likeness (QED) is 0.506. The van der Waals surface area contributed by atoms with Crippen molar-refractivity contribution < 1.29 is 0 Å². The van der Waals surface area contributed by atoms with Crippen molar-refractivity contribution >= 4 is 12.6 Å². The lowest BCUT2D eigenvalue weighted by Crippen LogP contribution is -2.09. The summed E-state index contributed by atoms with van der Waals surface area (Å²) in [5, 5.41) is 0. The third-order valence-corrected chi connectivity index (χ3v) is 1.74. The van der Waals surface area contributed by atoms with E-state index in [4.69, 9.17) is 0 Å². The molecule has 0 saturated carbocycles. The summed E-state index contributed by atoms with van der Waals surface area (Å²) >= 11 is 0. The largest absolute Gasteiger partial charge is 0.249 e. The molecule has 2 heteroatoms. The van der Waals surface area contributed by atoms with Gasteiger partial charge < -0.3 is 0 Å². The van der Waals surface area contributed by atoms with Gasteiger partial charge in [0, 0.05) is 18.8 Å². The Morgan fingerprint density at radius 2 is 2.00 bits per heavy atom. The van der Waals surface area contributed by atoms with Crippen LogP contribution in [0.1, 0.15) is 27.2 Å². The highest BCUT2D eigenvalue weighted by atomic mass is 14.8. The lowest BCUT2D eigenvalue weighted by Gasteiger charge is -2.20. The van der Waals surface area contributed by atoms with Gasteiger partial charge in [-0.1, -0.05) is 20.8 Å². The fourth-order valence-electron chi connectivity index (χ4n) is 0.913. The number of hydrogen-bond donors (Lipinski definition) is 0. The lowest BCUT2D eigenvalue weighted by atomic mass is 9.85. The van der Waals surface area contributed by atoms with Crippen molar-refractivity contribution in [3.63, 3.8) is 0 Å². The van der Waals surface area contributed by atoms with Crippen molar-refractivity contribution in [2.45, 2.75) is 27.2 Å². The standard InChI is InChI=1S/C9H14N2/c1-9(2,3)8-4-5-10-7-11-6-8/h5-7H,4H2,1-3H3. The molecule has 0 amide bonds. The van der Waals surface area contributed by atoms with Gasteiger partial charge >= 0.3 is 0 Å². The zero-order valence-electron chi connectivity index (χ0n) is 7.33. The maximum absolute atomic E-state index is 4.03. The Balaban J connectivity index is 2.81. The summed E-state index contributed by atoms with van der Waals surface area (Å²) in [6.45, 7) is 6.56. The second-order valence-corrected chi connectivity index (χ2v) is 3.70. The monoisotopic (exact) mass is 150 g/mol. The molecular formula is C9H14N2. The number of aliphatic imine (C=N–C) groups is 2. The van der Waals surface area contributed by atoms with E-state index in [0.29, 0.717) is 0 Å². The van der Waals surface area contributed by atoms with Gasteiger partial charge in [0.15, 0.2) is 0 Å². The van der Waals surface area contributed by atoms with Crippen LogP contribution in [0.4, 0.5) is 0 Å². The normalized spacial score (nSPS) is 17.9. The van der Waals surface area contributed by atoms with Gasteiger partial charge in [0.05, 0.1) is 0 Å². The van der Waals surface area contributed by atoms with Crippen LogP contribution < -0.4 is 0 Å². The molecule has 0 radical (unpaired) electrons. The first-order valence-electron chi connectivity index (χ1n) is 3.83. The van der Waals surface area contributed by atoms with E-state index in [0.717, 1.165) is 6.42 Å². The molecule has 0 spiro atoms. The first-order valence-corrected chi connectivity index (χ1v) is 3.83. The van der Waals surface area contributed by atoms with Crippen LogP contribution >= 0.6 is 0 Å². The van der Waals surface area contributed by atoms with Crippen molar-refractivity contribution in [2.24, 2.45) is 15.4 Å².